The van der Waals surface area contributed by atoms with Crippen molar-refractivity contribution < 1.29 is 4.42 Å². The van der Waals surface area contributed by atoms with E-state index in [0.717, 1.165) is 22.2 Å². The average molecular weight is 249 g/mol. The second-order valence-electron chi connectivity index (χ2n) is 4.22. The summed E-state index contributed by atoms with van der Waals surface area (Å²) in [7, 11) is 0. The van der Waals surface area contributed by atoms with Gasteiger partial charge in [0, 0.05) is 11.3 Å². The Hall–Kier alpha value is -2.80. The van der Waals surface area contributed by atoms with E-state index in [9.17, 15) is 0 Å². The summed E-state index contributed by atoms with van der Waals surface area (Å²) in [6, 6.07) is 13.1. The molecule has 0 fully saturated rings. The molecule has 1 heterocycles. The Bertz CT molecular complexity index is 750. The number of oxazole rings is 1. The van der Waals surface area contributed by atoms with Gasteiger partial charge in [-0.25, -0.2) is 11.6 Å². The summed E-state index contributed by atoms with van der Waals surface area (Å²) in [6.07, 6.45) is 0. The Kier molecular flexibility index (Phi) is 2.66. The maximum absolute atomic E-state index is 6.87. The minimum atomic E-state index is 0.291. The maximum Gasteiger partial charge on any atom is 0.241 e. The Morgan fingerprint density at radius 2 is 2.05 bits per heavy atom. The van der Waals surface area contributed by atoms with Crippen molar-refractivity contribution in [1.82, 2.24) is 4.98 Å². The van der Waals surface area contributed by atoms with Gasteiger partial charge in [0.05, 0.1) is 5.56 Å². The first-order valence-corrected chi connectivity index (χ1v) is 5.85. The van der Waals surface area contributed by atoms with Gasteiger partial charge in [0.1, 0.15) is 5.52 Å². The smallest absolute Gasteiger partial charge is 0.241 e. The third-order valence-corrected chi connectivity index (χ3v) is 2.94. The number of hydrogen-bond donors (Lipinski definition) is 1. The zero-order valence-corrected chi connectivity index (χ0v) is 10.1. The van der Waals surface area contributed by atoms with Crippen molar-refractivity contribution in [3.63, 3.8) is 0 Å². The SMILES string of the molecule is [C-]#[N+]Cc1ccc(-c2nc3ccccc3o2)cc1N. The lowest BCUT2D eigenvalue weighted by Crippen LogP contribution is -1.93. The van der Waals surface area contributed by atoms with E-state index in [-0.39, 0.29) is 0 Å². The second kappa shape index (κ2) is 4.46. The topological polar surface area (TPSA) is 56.4 Å². The number of para-hydroxylation sites is 2. The number of rotatable bonds is 2. The molecule has 0 saturated carbocycles. The molecule has 0 bridgehead atoms. The van der Waals surface area contributed by atoms with Gasteiger partial charge in [-0.15, -0.1) is 0 Å². The summed E-state index contributed by atoms with van der Waals surface area (Å²) in [4.78, 5) is 7.75. The third kappa shape index (κ3) is 2.02. The van der Waals surface area contributed by atoms with E-state index in [1.165, 1.54) is 0 Å². The third-order valence-electron chi connectivity index (χ3n) is 2.94. The minimum absolute atomic E-state index is 0.291. The van der Waals surface area contributed by atoms with Crippen LogP contribution in [0.1, 0.15) is 5.56 Å². The molecule has 0 saturated heterocycles. The molecule has 2 aromatic carbocycles. The first-order valence-electron chi connectivity index (χ1n) is 5.85. The van der Waals surface area contributed by atoms with E-state index in [2.05, 4.69) is 9.83 Å². The molecule has 3 rings (SSSR count). The molecule has 1 aromatic heterocycles. The Morgan fingerprint density at radius 3 is 2.79 bits per heavy atom. The summed E-state index contributed by atoms with van der Waals surface area (Å²) in [6.45, 7) is 7.16. The number of anilines is 1. The monoisotopic (exact) mass is 249 g/mol. The van der Waals surface area contributed by atoms with Crippen LogP contribution in [0.3, 0.4) is 0 Å². The molecule has 2 N–H and O–H groups in total. The molecular weight excluding hydrogens is 238 g/mol. The second-order valence-corrected chi connectivity index (χ2v) is 4.22. The first kappa shape index (κ1) is 11.3. The van der Waals surface area contributed by atoms with Gasteiger partial charge in [-0.1, -0.05) is 12.1 Å². The van der Waals surface area contributed by atoms with Crippen molar-refractivity contribution in [2.75, 3.05) is 5.73 Å². The highest BCUT2D eigenvalue weighted by Crippen LogP contribution is 2.27. The lowest BCUT2D eigenvalue weighted by Gasteiger charge is -2.01. The van der Waals surface area contributed by atoms with Crippen LogP contribution in [0.25, 0.3) is 27.4 Å². The largest absolute Gasteiger partial charge is 0.436 e. The van der Waals surface area contributed by atoms with E-state index in [1.54, 1.807) is 6.07 Å². The minimum Gasteiger partial charge on any atom is -0.436 e. The summed E-state index contributed by atoms with van der Waals surface area (Å²) in [5.74, 6) is 0.544. The molecule has 0 spiro atoms. The van der Waals surface area contributed by atoms with E-state index < -0.39 is 0 Å². The van der Waals surface area contributed by atoms with E-state index in [1.807, 2.05) is 36.4 Å². The Balaban J connectivity index is 2.06. The van der Waals surface area contributed by atoms with Crippen molar-refractivity contribution in [1.29, 1.82) is 0 Å². The van der Waals surface area contributed by atoms with Gasteiger partial charge in [0.2, 0.25) is 12.4 Å². The van der Waals surface area contributed by atoms with Crippen LogP contribution in [0.4, 0.5) is 5.69 Å². The van der Waals surface area contributed by atoms with Gasteiger partial charge >= 0.3 is 0 Å². The number of benzene rings is 2. The molecular formula is C15H11N3O. The zero-order chi connectivity index (χ0) is 13.2. The van der Waals surface area contributed by atoms with Crippen LogP contribution in [0.15, 0.2) is 46.9 Å². The van der Waals surface area contributed by atoms with Crippen LogP contribution in [0.2, 0.25) is 0 Å². The lowest BCUT2D eigenvalue weighted by atomic mass is 10.1. The quantitative estimate of drug-likeness (QED) is 0.558. The predicted octanol–water partition coefficient (Wildman–Crippen LogP) is 3.50. The van der Waals surface area contributed by atoms with Crippen molar-refractivity contribution >= 4 is 16.8 Å². The summed E-state index contributed by atoms with van der Waals surface area (Å²) in [5.41, 5.74) is 9.74. The Labute approximate surface area is 110 Å². The predicted molar refractivity (Wildman–Crippen MR) is 74.2 cm³/mol. The molecule has 0 unspecified atom stereocenters. The van der Waals surface area contributed by atoms with Crippen molar-refractivity contribution in [2.45, 2.75) is 6.54 Å². The van der Waals surface area contributed by atoms with Gasteiger partial charge < -0.3 is 15.0 Å². The zero-order valence-electron chi connectivity index (χ0n) is 10.1. The number of fused-ring (bicyclic) bond motifs is 1. The fourth-order valence-corrected chi connectivity index (χ4v) is 1.95. The normalized spacial score (nSPS) is 10.5. The summed E-state index contributed by atoms with van der Waals surface area (Å²) in [5, 5.41) is 0. The highest BCUT2D eigenvalue weighted by atomic mass is 16.3. The molecule has 0 aliphatic heterocycles. The number of nitrogen functional groups attached to an aromatic ring is 1. The van der Waals surface area contributed by atoms with Gasteiger partial charge in [0.25, 0.3) is 0 Å². The van der Waals surface area contributed by atoms with Gasteiger partial charge in [-0.05, 0) is 30.3 Å². The number of hydrogen-bond acceptors (Lipinski definition) is 3. The highest BCUT2D eigenvalue weighted by molar-refractivity contribution is 5.76. The molecule has 0 atom stereocenters. The molecule has 4 heteroatoms. The molecule has 92 valence electrons. The molecule has 0 radical (unpaired) electrons. The summed E-state index contributed by atoms with van der Waals surface area (Å²) < 4.78 is 5.68. The van der Waals surface area contributed by atoms with Crippen LogP contribution in [0.5, 0.6) is 0 Å². The maximum atomic E-state index is 6.87. The number of nitrogens with two attached hydrogens (primary N) is 1. The summed E-state index contributed by atoms with van der Waals surface area (Å²) >= 11 is 0. The molecule has 0 aliphatic carbocycles. The van der Waals surface area contributed by atoms with Crippen molar-refractivity contribution in [2.24, 2.45) is 0 Å². The average Bonchev–Trinajstić information content (AvgIpc) is 2.85. The van der Waals surface area contributed by atoms with E-state index in [4.69, 9.17) is 16.7 Å². The molecule has 3 aromatic rings. The molecule has 0 amide bonds. The van der Waals surface area contributed by atoms with Crippen LogP contribution in [-0.2, 0) is 6.54 Å². The van der Waals surface area contributed by atoms with Gasteiger partial charge in [0.15, 0.2) is 5.58 Å². The standard InChI is InChI=1S/C15H11N3O/c1-17-9-11-7-6-10(8-12(11)16)15-18-13-4-2-3-5-14(13)19-15/h2-8H,9,16H2. The molecule has 4 nitrogen and oxygen atoms in total. The number of aromatic nitrogens is 1. The fraction of sp³-hybridized carbons (Fsp3) is 0.0667. The van der Waals surface area contributed by atoms with Crippen LogP contribution >= 0.6 is 0 Å². The van der Waals surface area contributed by atoms with Gasteiger partial charge in [-0.3, -0.25) is 0 Å². The number of nitrogens with zero attached hydrogens (tertiary/aromatic N) is 2. The van der Waals surface area contributed by atoms with Crippen molar-refractivity contribution in [3.8, 4) is 11.5 Å². The van der Waals surface area contributed by atoms with Crippen LogP contribution in [-0.4, -0.2) is 4.98 Å². The molecule has 19 heavy (non-hydrogen) atoms. The van der Waals surface area contributed by atoms with Crippen molar-refractivity contribution in [3.05, 3.63) is 59.4 Å². The van der Waals surface area contributed by atoms with E-state index >= 15 is 0 Å². The lowest BCUT2D eigenvalue weighted by molar-refractivity contribution is 0.620. The van der Waals surface area contributed by atoms with Crippen LogP contribution in [0, 0.1) is 6.57 Å². The fourth-order valence-electron chi connectivity index (χ4n) is 1.95. The van der Waals surface area contributed by atoms with E-state index in [0.29, 0.717) is 18.1 Å². The van der Waals surface area contributed by atoms with Gasteiger partial charge in [-0.2, -0.15) is 0 Å². The highest BCUT2D eigenvalue weighted by Gasteiger charge is 2.10. The first-order chi connectivity index (χ1) is 9.28. The Morgan fingerprint density at radius 1 is 1.21 bits per heavy atom. The molecule has 0 aliphatic rings. The van der Waals surface area contributed by atoms with Crippen LogP contribution < -0.4 is 5.73 Å².